The van der Waals surface area contributed by atoms with Crippen molar-refractivity contribution in [1.29, 1.82) is 0 Å². The summed E-state index contributed by atoms with van der Waals surface area (Å²) in [6.07, 6.45) is 4.06. The molecule has 0 spiro atoms. The van der Waals surface area contributed by atoms with Crippen LogP contribution >= 0.6 is 0 Å². The highest BCUT2D eigenvalue weighted by atomic mass is 16.4. The summed E-state index contributed by atoms with van der Waals surface area (Å²) < 4.78 is 0. The lowest BCUT2D eigenvalue weighted by atomic mass is 10.1. The summed E-state index contributed by atoms with van der Waals surface area (Å²) in [4.78, 5) is 34.0. The van der Waals surface area contributed by atoms with Gasteiger partial charge in [0.2, 0.25) is 5.91 Å². The van der Waals surface area contributed by atoms with E-state index in [0.29, 0.717) is 11.3 Å². The van der Waals surface area contributed by atoms with Crippen LogP contribution in [0, 0.1) is 5.92 Å². The molecule has 0 bridgehead atoms. The molecule has 112 valence electrons. The Labute approximate surface area is 122 Å². The van der Waals surface area contributed by atoms with Crippen LogP contribution in [0.1, 0.15) is 36.0 Å². The van der Waals surface area contributed by atoms with Crippen molar-refractivity contribution < 1.29 is 19.5 Å². The number of hydrogen-bond acceptors (Lipinski definition) is 3. The quantitative estimate of drug-likeness (QED) is 0.768. The average molecular weight is 290 g/mol. The maximum absolute atomic E-state index is 12.0. The SMILES string of the molecule is O=C(O)CNC(=O)c1ccc(NC(=O)C2CCCC2)cc1. The van der Waals surface area contributed by atoms with E-state index in [2.05, 4.69) is 10.6 Å². The van der Waals surface area contributed by atoms with Crippen LogP contribution in [0.3, 0.4) is 0 Å². The molecule has 6 nitrogen and oxygen atoms in total. The molecule has 1 aromatic carbocycles. The molecule has 0 atom stereocenters. The average Bonchev–Trinajstić information content (AvgIpc) is 3.00. The van der Waals surface area contributed by atoms with E-state index < -0.39 is 18.4 Å². The molecule has 3 N–H and O–H groups in total. The highest BCUT2D eigenvalue weighted by Gasteiger charge is 2.22. The van der Waals surface area contributed by atoms with Gasteiger partial charge in [-0.05, 0) is 37.1 Å². The topological polar surface area (TPSA) is 95.5 Å². The zero-order chi connectivity index (χ0) is 15.2. The van der Waals surface area contributed by atoms with Crippen LogP contribution in [0.25, 0.3) is 0 Å². The van der Waals surface area contributed by atoms with Gasteiger partial charge in [-0.15, -0.1) is 0 Å². The first-order valence-electron chi connectivity index (χ1n) is 6.97. The summed E-state index contributed by atoms with van der Waals surface area (Å²) >= 11 is 0. The summed E-state index contributed by atoms with van der Waals surface area (Å²) in [5.74, 6) is -1.44. The van der Waals surface area contributed by atoms with Crippen molar-refractivity contribution in [3.8, 4) is 0 Å². The molecule has 2 amide bonds. The van der Waals surface area contributed by atoms with Crippen molar-refractivity contribution >= 4 is 23.5 Å². The second-order valence-electron chi connectivity index (χ2n) is 5.12. The Kier molecular flexibility index (Phi) is 4.92. The molecule has 0 aliphatic heterocycles. The Morgan fingerprint density at radius 2 is 1.71 bits per heavy atom. The third-order valence-electron chi connectivity index (χ3n) is 3.54. The molecule has 1 aliphatic rings. The van der Waals surface area contributed by atoms with Gasteiger partial charge in [0.25, 0.3) is 5.91 Å². The van der Waals surface area contributed by atoms with Gasteiger partial charge < -0.3 is 15.7 Å². The highest BCUT2D eigenvalue weighted by Crippen LogP contribution is 2.26. The van der Waals surface area contributed by atoms with Crippen molar-refractivity contribution in [2.45, 2.75) is 25.7 Å². The summed E-state index contributed by atoms with van der Waals surface area (Å²) in [5.41, 5.74) is 0.997. The molecule has 0 heterocycles. The molecule has 1 aliphatic carbocycles. The van der Waals surface area contributed by atoms with E-state index in [4.69, 9.17) is 5.11 Å². The number of carbonyl (C=O) groups is 3. The number of aliphatic carboxylic acids is 1. The summed E-state index contributed by atoms with van der Waals surface area (Å²) in [6.45, 7) is -0.418. The third kappa shape index (κ3) is 4.30. The molecule has 1 aromatic rings. The lowest BCUT2D eigenvalue weighted by Gasteiger charge is -2.10. The van der Waals surface area contributed by atoms with Gasteiger partial charge in [0.15, 0.2) is 0 Å². The molecule has 0 unspecified atom stereocenters. The number of hydrogen-bond donors (Lipinski definition) is 3. The Hall–Kier alpha value is -2.37. The Bertz CT molecular complexity index is 533. The summed E-state index contributed by atoms with van der Waals surface area (Å²) in [5, 5.41) is 13.6. The molecule has 0 saturated heterocycles. The van der Waals surface area contributed by atoms with Crippen molar-refractivity contribution in [2.24, 2.45) is 5.92 Å². The first-order chi connectivity index (χ1) is 10.1. The fraction of sp³-hybridized carbons (Fsp3) is 0.400. The molecule has 1 saturated carbocycles. The lowest BCUT2D eigenvalue weighted by molar-refractivity contribution is -0.135. The minimum atomic E-state index is -1.09. The fourth-order valence-electron chi connectivity index (χ4n) is 2.40. The monoisotopic (exact) mass is 290 g/mol. The van der Waals surface area contributed by atoms with Crippen LogP contribution < -0.4 is 10.6 Å². The van der Waals surface area contributed by atoms with Crippen LogP contribution in [-0.2, 0) is 9.59 Å². The van der Waals surface area contributed by atoms with E-state index in [-0.39, 0.29) is 11.8 Å². The molecular weight excluding hydrogens is 272 g/mol. The van der Waals surface area contributed by atoms with Gasteiger partial charge in [-0.2, -0.15) is 0 Å². The minimum Gasteiger partial charge on any atom is -0.480 e. The molecule has 21 heavy (non-hydrogen) atoms. The van der Waals surface area contributed by atoms with E-state index in [1.54, 1.807) is 24.3 Å². The van der Waals surface area contributed by atoms with E-state index in [9.17, 15) is 14.4 Å². The number of carboxylic acids is 1. The minimum absolute atomic E-state index is 0.0237. The van der Waals surface area contributed by atoms with E-state index in [0.717, 1.165) is 25.7 Å². The van der Waals surface area contributed by atoms with Crippen LogP contribution in [0.15, 0.2) is 24.3 Å². The van der Waals surface area contributed by atoms with Gasteiger partial charge in [-0.1, -0.05) is 12.8 Å². The second-order valence-corrected chi connectivity index (χ2v) is 5.12. The number of benzene rings is 1. The van der Waals surface area contributed by atoms with Crippen molar-refractivity contribution in [1.82, 2.24) is 5.32 Å². The number of nitrogens with one attached hydrogen (secondary N) is 2. The maximum atomic E-state index is 12.0. The Balaban J connectivity index is 1.90. The van der Waals surface area contributed by atoms with Gasteiger partial charge in [0.05, 0.1) is 0 Å². The van der Waals surface area contributed by atoms with Crippen LogP contribution in [0.2, 0.25) is 0 Å². The number of amides is 2. The lowest BCUT2D eigenvalue weighted by Crippen LogP contribution is -2.29. The Morgan fingerprint density at radius 1 is 1.10 bits per heavy atom. The van der Waals surface area contributed by atoms with Crippen molar-refractivity contribution in [3.05, 3.63) is 29.8 Å². The summed E-state index contributed by atoms with van der Waals surface area (Å²) in [7, 11) is 0. The number of anilines is 1. The van der Waals surface area contributed by atoms with Crippen molar-refractivity contribution in [3.63, 3.8) is 0 Å². The second kappa shape index (κ2) is 6.88. The van der Waals surface area contributed by atoms with E-state index >= 15 is 0 Å². The molecule has 0 aromatic heterocycles. The van der Waals surface area contributed by atoms with Crippen molar-refractivity contribution in [2.75, 3.05) is 11.9 Å². The molecular formula is C15H18N2O4. The largest absolute Gasteiger partial charge is 0.480 e. The Morgan fingerprint density at radius 3 is 2.29 bits per heavy atom. The molecule has 0 radical (unpaired) electrons. The van der Waals surface area contributed by atoms with Gasteiger partial charge in [-0.3, -0.25) is 14.4 Å². The smallest absolute Gasteiger partial charge is 0.322 e. The van der Waals surface area contributed by atoms with Gasteiger partial charge in [-0.25, -0.2) is 0 Å². The normalized spacial score (nSPS) is 14.7. The highest BCUT2D eigenvalue weighted by molar-refractivity contribution is 5.97. The van der Waals surface area contributed by atoms with Crippen LogP contribution in [0.4, 0.5) is 5.69 Å². The van der Waals surface area contributed by atoms with Gasteiger partial charge >= 0.3 is 5.97 Å². The standard InChI is InChI=1S/C15H18N2O4/c18-13(19)9-16-14(20)11-5-7-12(8-6-11)17-15(21)10-3-1-2-4-10/h5-8,10H,1-4,9H2,(H,16,20)(H,17,21)(H,18,19). The third-order valence-corrected chi connectivity index (χ3v) is 3.54. The summed E-state index contributed by atoms with van der Waals surface area (Å²) in [6, 6.07) is 6.40. The molecule has 6 heteroatoms. The van der Waals surface area contributed by atoms with E-state index in [1.165, 1.54) is 0 Å². The molecule has 1 fully saturated rings. The maximum Gasteiger partial charge on any atom is 0.322 e. The zero-order valence-electron chi connectivity index (χ0n) is 11.6. The van der Waals surface area contributed by atoms with Gasteiger partial charge in [0, 0.05) is 17.2 Å². The van der Waals surface area contributed by atoms with Crippen LogP contribution in [-0.4, -0.2) is 29.4 Å². The fourth-order valence-corrected chi connectivity index (χ4v) is 2.40. The number of carboxylic acid groups (broad SMARTS) is 1. The van der Waals surface area contributed by atoms with E-state index in [1.807, 2.05) is 0 Å². The zero-order valence-corrected chi connectivity index (χ0v) is 11.6. The van der Waals surface area contributed by atoms with Gasteiger partial charge in [0.1, 0.15) is 6.54 Å². The number of rotatable bonds is 5. The first kappa shape index (κ1) is 15.0. The molecule has 2 rings (SSSR count). The van der Waals surface area contributed by atoms with Crippen LogP contribution in [0.5, 0.6) is 0 Å². The predicted octanol–water partition coefficient (Wildman–Crippen LogP) is 1.63. The first-order valence-corrected chi connectivity index (χ1v) is 6.97. The number of carbonyl (C=O) groups excluding carboxylic acids is 2. The predicted molar refractivity (Wildman–Crippen MR) is 77.0 cm³/mol.